The van der Waals surface area contributed by atoms with Gasteiger partial charge in [-0.2, -0.15) is 4.31 Å². The molecule has 9 heteroatoms. The molecular weight excluding hydrogens is 550 g/mol. The molecule has 0 aliphatic carbocycles. The SMILES string of the molecule is Cc1c(Cl)ccc2sc(N(Cc3ccccc3)C(=O)c3ccc(S(=O)(=O)N(C)Cc4ccccc4)cc3)nc12. The lowest BCUT2D eigenvalue weighted by Gasteiger charge is -2.21. The Hall–Kier alpha value is -3.56. The number of thiazole rings is 1. The highest BCUT2D eigenvalue weighted by molar-refractivity contribution is 7.89. The van der Waals surface area contributed by atoms with Crippen LogP contribution in [0, 0.1) is 6.92 Å². The fraction of sp³-hybridized carbons (Fsp3) is 0.133. The molecule has 0 N–H and O–H groups in total. The lowest BCUT2D eigenvalue weighted by atomic mass is 10.1. The van der Waals surface area contributed by atoms with Crippen molar-refractivity contribution in [3.05, 3.63) is 124 Å². The molecule has 1 heterocycles. The Kier molecular flexibility index (Phi) is 7.81. The molecule has 0 unspecified atom stereocenters. The normalized spacial score (nSPS) is 11.7. The Labute approximate surface area is 237 Å². The number of aryl methyl sites for hydroxylation is 1. The molecule has 1 amide bonds. The van der Waals surface area contributed by atoms with Crippen molar-refractivity contribution in [2.45, 2.75) is 24.9 Å². The summed E-state index contributed by atoms with van der Waals surface area (Å²) in [5.41, 5.74) is 3.82. The summed E-state index contributed by atoms with van der Waals surface area (Å²) in [6.07, 6.45) is 0. The van der Waals surface area contributed by atoms with Crippen molar-refractivity contribution in [1.82, 2.24) is 9.29 Å². The molecular formula is C30H26ClN3O3S2. The third-order valence-corrected chi connectivity index (χ3v) is 9.72. The minimum absolute atomic E-state index is 0.123. The van der Waals surface area contributed by atoms with E-state index in [9.17, 15) is 13.2 Å². The number of hydrogen-bond donors (Lipinski definition) is 0. The topological polar surface area (TPSA) is 70.6 Å². The summed E-state index contributed by atoms with van der Waals surface area (Å²) in [6, 6.07) is 28.9. The summed E-state index contributed by atoms with van der Waals surface area (Å²) in [5.74, 6) is -0.275. The first kappa shape index (κ1) is 27.0. The Morgan fingerprint density at radius 2 is 1.44 bits per heavy atom. The van der Waals surface area contributed by atoms with Gasteiger partial charge in [-0.15, -0.1) is 0 Å². The average molecular weight is 576 g/mol. The lowest BCUT2D eigenvalue weighted by Crippen LogP contribution is -2.30. The first-order chi connectivity index (χ1) is 18.7. The zero-order chi connectivity index (χ0) is 27.6. The van der Waals surface area contributed by atoms with E-state index in [0.29, 0.717) is 22.3 Å². The maximum atomic E-state index is 13.8. The number of halogens is 1. The molecule has 5 rings (SSSR count). The summed E-state index contributed by atoms with van der Waals surface area (Å²) < 4.78 is 28.6. The van der Waals surface area contributed by atoms with E-state index in [-0.39, 0.29) is 17.3 Å². The van der Waals surface area contributed by atoms with Crippen molar-refractivity contribution in [2.24, 2.45) is 0 Å². The molecule has 0 aliphatic rings. The maximum absolute atomic E-state index is 13.8. The van der Waals surface area contributed by atoms with Crippen LogP contribution in [0.5, 0.6) is 0 Å². The number of hydrogen-bond acceptors (Lipinski definition) is 5. The van der Waals surface area contributed by atoms with Crippen molar-refractivity contribution in [3.8, 4) is 0 Å². The van der Waals surface area contributed by atoms with Crippen molar-refractivity contribution in [2.75, 3.05) is 11.9 Å². The molecule has 4 aromatic carbocycles. The van der Waals surface area contributed by atoms with Crippen LogP contribution < -0.4 is 4.90 Å². The van der Waals surface area contributed by atoms with Crippen LogP contribution in [0.25, 0.3) is 10.2 Å². The molecule has 0 saturated carbocycles. The van der Waals surface area contributed by atoms with E-state index >= 15 is 0 Å². The molecule has 0 fully saturated rings. The van der Waals surface area contributed by atoms with Gasteiger partial charge in [-0.25, -0.2) is 13.4 Å². The van der Waals surface area contributed by atoms with Gasteiger partial charge >= 0.3 is 0 Å². The van der Waals surface area contributed by atoms with E-state index in [1.54, 1.807) is 24.1 Å². The minimum atomic E-state index is -3.74. The molecule has 0 aliphatic heterocycles. The van der Waals surface area contributed by atoms with Crippen molar-refractivity contribution >= 4 is 54.2 Å². The average Bonchev–Trinajstić information content (AvgIpc) is 3.39. The smallest absolute Gasteiger partial charge is 0.260 e. The quantitative estimate of drug-likeness (QED) is 0.201. The first-order valence-corrected chi connectivity index (χ1v) is 14.9. The second kappa shape index (κ2) is 11.3. The summed E-state index contributed by atoms with van der Waals surface area (Å²) in [7, 11) is -2.20. The van der Waals surface area contributed by atoms with Crippen LogP contribution in [0.15, 0.2) is 102 Å². The van der Waals surface area contributed by atoms with Gasteiger partial charge in [-0.3, -0.25) is 9.69 Å². The number of rotatable bonds is 8. The number of aromatic nitrogens is 1. The number of carbonyl (C=O) groups is 1. The number of sulfonamides is 1. The van der Waals surface area contributed by atoms with Crippen LogP contribution in [0.1, 0.15) is 27.0 Å². The van der Waals surface area contributed by atoms with Crippen LogP contribution in [0.4, 0.5) is 5.13 Å². The predicted molar refractivity (Wildman–Crippen MR) is 158 cm³/mol. The molecule has 0 radical (unpaired) electrons. The highest BCUT2D eigenvalue weighted by Gasteiger charge is 2.25. The zero-order valence-corrected chi connectivity index (χ0v) is 23.8. The molecule has 39 heavy (non-hydrogen) atoms. The van der Waals surface area contributed by atoms with Crippen LogP contribution >= 0.6 is 22.9 Å². The van der Waals surface area contributed by atoms with Gasteiger partial charge in [0, 0.05) is 24.2 Å². The van der Waals surface area contributed by atoms with Gasteiger partial charge in [0.05, 0.1) is 21.7 Å². The van der Waals surface area contributed by atoms with E-state index in [1.165, 1.54) is 27.8 Å². The molecule has 0 bridgehead atoms. The van der Waals surface area contributed by atoms with E-state index in [2.05, 4.69) is 0 Å². The van der Waals surface area contributed by atoms with E-state index in [4.69, 9.17) is 16.6 Å². The van der Waals surface area contributed by atoms with Gasteiger partial charge in [0.2, 0.25) is 10.0 Å². The third-order valence-electron chi connectivity index (χ3n) is 6.45. The van der Waals surface area contributed by atoms with Gasteiger partial charge in [0.15, 0.2) is 5.13 Å². The van der Waals surface area contributed by atoms with Crippen LogP contribution in [0.2, 0.25) is 5.02 Å². The molecule has 0 spiro atoms. The maximum Gasteiger partial charge on any atom is 0.260 e. The van der Waals surface area contributed by atoms with Gasteiger partial charge < -0.3 is 0 Å². The fourth-order valence-corrected chi connectivity index (χ4v) is 6.56. The number of amides is 1. The van der Waals surface area contributed by atoms with Gasteiger partial charge in [0.1, 0.15) is 0 Å². The monoisotopic (exact) mass is 575 g/mol. The van der Waals surface area contributed by atoms with Crippen molar-refractivity contribution in [1.29, 1.82) is 0 Å². The first-order valence-electron chi connectivity index (χ1n) is 12.3. The second-order valence-corrected chi connectivity index (χ2v) is 12.6. The number of fused-ring (bicyclic) bond motifs is 1. The van der Waals surface area contributed by atoms with Crippen molar-refractivity contribution in [3.63, 3.8) is 0 Å². The van der Waals surface area contributed by atoms with E-state index < -0.39 is 10.0 Å². The Morgan fingerprint density at radius 3 is 2.05 bits per heavy atom. The number of benzene rings is 4. The summed E-state index contributed by atoms with van der Waals surface area (Å²) >= 11 is 7.73. The Balaban J connectivity index is 1.45. The number of nitrogens with zero attached hydrogens (tertiary/aromatic N) is 3. The van der Waals surface area contributed by atoms with Gasteiger partial charge in [-0.05, 0) is 60.0 Å². The summed E-state index contributed by atoms with van der Waals surface area (Å²) in [4.78, 5) is 20.3. The Morgan fingerprint density at radius 1 is 0.846 bits per heavy atom. The van der Waals surface area contributed by atoms with Crippen LogP contribution in [0.3, 0.4) is 0 Å². The highest BCUT2D eigenvalue weighted by Crippen LogP contribution is 2.35. The lowest BCUT2D eigenvalue weighted by molar-refractivity contribution is 0.0985. The molecule has 0 saturated heterocycles. The molecule has 6 nitrogen and oxygen atoms in total. The van der Waals surface area contributed by atoms with E-state index in [1.807, 2.05) is 79.7 Å². The largest absolute Gasteiger partial charge is 0.279 e. The standard InChI is InChI=1S/C30H26ClN3O3S2/c1-21-26(31)17-18-27-28(21)32-30(38-27)34(20-23-11-7-4-8-12-23)29(35)24-13-15-25(16-14-24)39(36,37)33(2)19-22-9-5-3-6-10-22/h3-18H,19-20H2,1-2H3. The van der Waals surface area contributed by atoms with Gasteiger partial charge in [0.25, 0.3) is 5.91 Å². The minimum Gasteiger partial charge on any atom is -0.279 e. The fourth-order valence-electron chi connectivity index (χ4n) is 4.23. The molecule has 5 aromatic rings. The highest BCUT2D eigenvalue weighted by atomic mass is 35.5. The summed E-state index contributed by atoms with van der Waals surface area (Å²) in [5, 5.41) is 1.16. The van der Waals surface area contributed by atoms with Gasteiger partial charge in [-0.1, -0.05) is 83.6 Å². The zero-order valence-electron chi connectivity index (χ0n) is 21.4. The molecule has 0 atom stereocenters. The number of anilines is 1. The Bertz CT molecular complexity index is 1720. The number of carbonyl (C=O) groups excluding carboxylic acids is 1. The van der Waals surface area contributed by atoms with Crippen LogP contribution in [-0.2, 0) is 23.1 Å². The summed E-state index contributed by atoms with van der Waals surface area (Å²) in [6.45, 7) is 2.47. The van der Waals surface area contributed by atoms with Crippen LogP contribution in [-0.4, -0.2) is 30.7 Å². The third kappa shape index (κ3) is 5.74. The second-order valence-electron chi connectivity index (χ2n) is 9.16. The van der Waals surface area contributed by atoms with E-state index in [0.717, 1.165) is 26.9 Å². The predicted octanol–water partition coefficient (Wildman–Crippen LogP) is 6.93. The van der Waals surface area contributed by atoms with Crippen molar-refractivity contribution < 1.29 is 13.2 Å². The molecule has 1 aromatic heterocycles. The molecule has 198 valence electrons.